The van der Waals surface area contributed by atoms with Crippen LogP contribution in [0, 0.1) is 0 Å². The Kier molecular flexibility index (Phi) is 7.82. The maximum atomic E-state index is 12.7. The summed E-state index contributed by atoms with van der Waals surface area (Å²) in [6.45, 7) is 3.48. The number of fused-ring (bicyclic) bond motifs is 1. The molecule has 3 unspecified atom stereocenters. The van der Waals surface area contributed by atoms with Gasteiger partial charge in [0, 0.05) is 4.75 Å². The van der Waals surface area contributed by atoms with Crippen molar-refractivity contribution in [2.45, 2.75) is 36.1 Å². The van der Waals surface area contributed by atoms with Crippen molar-refractivity contribution in [1.82, 2.24) is 10.2 Å². The van der Waals surface area contributed by atoms with Crippen molar-refractivity contribution >= 4 is 29.5 Å². The summed E-state index contributed by atoms with van der Waals surface area (Å²) in [5.74, 6) is -1.62. The molecule has 11 heteroatoms. The molecular formula is C17H21N2NaO7S. The van der Waals surface area contributed by atoms with Crippen molar-refractivity contribution in [2.75, 3.05) is 14.2 Å². The zero-order valence-corrected chi connectivity index (χ0v) is 19.1. The number of methoxy groups -OCH3 is 2. The normalized spacial score (nSPS) is 24.1. The molecule has 0 aromatic heterocycles. The third kappa shape index (κ3) is 3.84. The maximum Gasteiger partial charge on any atom is 1.00 e. The zero-order valence-electron chi connectivity index (χ0n) is 16.3. The van der Waals surface area contributed by atoms with Crippen molar-refractivity contribution in [2.24, 2.45) is 0 Å². The smallest absolute Gasteiger partial charge is 0.548 e. The molecule has 0 aliphatic carbocycles. The molecule has 0 saturated carbocycles. The fraction of sp³-hybridized carbons (Fsp3) is 0.471. The number of nitrogens with one attached hydrogen (secondary N) is 1. The van der Waals surface area contributed by atoms with E-state index in [-0.39, 0.29) is 40.6 Å². The summed E-state index contributed by atoms with van der Waals surface area (Å²) in [5, 5.41) is 13.7. The average Bonchev–Trinajstić information content (AvgIpc) is 2.86. The van der Waals surface area contributed by atoms with Crippen LogP contribution < -0.4 is 49.5 Å². The van der Waals surface area contributed by atoms with Gasteiger partial charge in [-0.15, -0.1) is 11.8 Å². The quantitative estimate of drug-likeness (QED) is 0.376. The largest absolute Gasteiger partial charge is 1.00 e. The molecule has 148 valence electrons. The van der Waals surface area contributed by atoms with Gasteiger partial charge in [-0.2, -0.15) is 0 Å². The second-order valence-corrected chi connectivity index (χ2v) is 8.34. The number of carbonyl (C=O) groups is 3. The molecular weight excluding hydrogens is 399 g/mol. The molecule has 9 nitrogen and oxygen atoms in total. The van der Waals surface area contributed by atoms with Crippen molar-refractivity contribution in [3.05, 3.63) is 23.8 Å². The van der Waals surface area contributed by atoms with Gasteiger partial charge < -0.3 is 35.1 Å². The molecule has 3 rings (SSSR count). The van der Waals surface area contributed by atoms with E-state index in [1.54, 1.807) is 32.0 Å². The Hall–Kier alpha value is -1.46. The van der Waals surface area contributed by atoms with Gasteiger partial charge in [0.05, 0.1) is 26.2 Å². The summed E-state index contributed by atoms with van der Waals surface area (Å²) in [4.78, 5) is 37.9. The van der Waals surface area contributed by atoms with Crippen molar-refractivity contribution in [3.8, 4) is 11.5 Å². The zero-order chi connectivity index (χ0) is 19.2. The second kappa shape index (κ2) is 8.91. The van der Waals surface area contributed by atoms with Crippen LogP contribution in [0.4, 0.5) is 0 Å². The van der Waals surface area contributed by atoms with Gasteiger partial charge >= 0.3 is 29.6 Å². The average molecular weight is 420 g/mol. The number of thioether (sulfide) groups is 1. The number of ether oxygens (including phenoxy) is 2. The number of β-lactam (4-membered cyclic amide) rings is 1. The molecule has 2 heterocycles. The number of benzene rings is 1. The van der Waals surface area contributed by atoms with Crippen LogP contribution in [0.25, 0.3) is 0 Å². The van der Waals surface area contributed by atoms with Crippen LogP contribution in [0.5, 0.6) is 11.5 Å². The van der Waals surface area contributed by atoms with Crippen LogP contribution >= 0.6 is 11.8 Å². The van der Waals surface area contributed by atoms with Gasteiger partial charge in [0.2, 0.25) is 5.91 Å². The molecule has 2 amide bonds. The van der Waals surface area contributed by atoms with Crippen molar-refractivity contribution < 1.29 is 64.0 Å². The molecule has 3 atom stereocenters. The molecule has 2 aliphatic heterocycles. The summed E-state index contributed by atoms with van der Waals surface area (Å²) in [6.07, 6.45) is 0. The Bertz CT molecular complexity index is 767. The maximum absolute atomic E-state index is 12.7. The van der Waals surface area contributed by atoms with E-state index in [2.05, 4.69) is 5.32 Å². The number of hydrogen-bond acceptors (Lipinski definition) is 7. The van der Waals surface area contributed by atoms with Crippen LogP contribution in [0.15, 0.2) is 18.2 Å². The molecule has 1 aromatic rings. The number of aliphatic carboxylic acids is 1. The first-order chi connectivity index (χ1) is 12.2. The van der Waals surface area contributed by atoms with Crippen molar-refractivity contribution in [1.29, 1.82) is 0 Å². The summed E-state index contributed by atoms with van der Waals surface area (Å²) >= 11 is 1.33. The minimum absolute atomic E-state index is 0. The first-order valence-corrected chi connectivity index (χ1v) is 8.83. The van der Waals surface area contributed by atoms with Gasteiger partial charge in [0.1, 0.15) is 28.5 Å². The number of amides is 2. The second-order valence-electron chi connectivity index (χ2n) is 6.57. The minimum atomic E-state index is -1.30. The molecule has 2 fully saturated rings. The third-order valence-electron chi connectivity index (χ3n) is 4.61. The van der Waals surface area contributed by atoms with E-state index in [4.69, 9.17) is 9.47 Å². The van der Waals surface area contributed by atoms with Gasteiger partial charge in [-0.05, 0) is 26.0 Å². The van der Waals surface area contributed by atoms with Gasteiger partial charge in [0.15, 0.2) is 0 Å². The van der Waals surface area contributed by atoms with Gasteiger partial charge in [-0.25, -0.2) is 0 Å². The van der Waals surface area contributed by atoms with Crippen LogP contribution in [0.3, 0.4) is 0 Å². The molecule has 2 saturated heterocycles. The standard InChI is InChI=1S/C17H20N2O6S.Na.H2O/c1-17(2)12(16(22)23)19-14(21)11(15(19)26-17)18-13(20)10-8(24-3)6-5-7-9(10)25-4;;/h5-7,11-12,15H,1-4H3,(H,18,20)(H,22,23);;1H2/q;+1;/p-1. The Morgan fingerprint density at radius 1 is 1.21 bits per heavy atom. The molecule has 0 radical (unpaired) electrons. The van der Waals surface area contributed by atoms with Gasteiger partial charge in [-0.3, -0.25) is 9.59 Å². The van der Waals surface area contributed by atoms with Crippen LogP contribution in [0.1, 0.15) is 24.2 Å². The number of nitrogens with zero attached hydrogens (tertiary/aromatic N) is 1. The van der Waals surface area contributed by atoms with Gasteiger partial charge in [-0.1, -0.05) is 6.07 Å². The van der Waals surface area contributed by atoms with Crippen LogP contribution in [-0.2, 0) is 9.59 Å². The first kappa shape index (κ1) is 24.6. The van der Waals surface area contributed by atoms with Gasteiger partial charge in [0.25, 0.3) is 5.91 Å². The molecule has 28 heavy (non-hydrogen) atoms. The van der Waals surface area contributed by atoms with Crippen molar-refractivity contribution in [3.63, 3.8) is 0 Å². The summed E-state index contributed by atoms with van der Waals surface area (Å²) in [7, 11) is 2.86. The Balaban J connectivity index is 0.00000196. The summed E-state index contributed by atoms with van der Waals surface area (Å²) in [6, 6.07) is 3.08. The predicted octanol–water partition coefficient (Wildman–Crippen LogP) is -4.21. The predicted molar refractivity (Wildman–Crippen MR) is 95.5 cm³/mol. The van der Waals surface area contributed by atoms with Crippen LogP contribution in [-0.4, -0.2) is 64.6 Å². The SMILES string of the molecule is COc1cccc(OC)c1C(=O)NC1C(=O)N2C1SC(C)(C)C2C(=O)[O-].O.[Na+]. The van der Waals surface area contributed by atoms with E-state index >= 15 is 0 Å². The van der Waals surface area contributed by atoms with E-state index in [1.807, 2.05) is 0 Å². The fourth-order valence-electron chi connectivity index (χ4n) is 3.41. The molecule has 0 bridgehead atoms. The Morgan fingerprint density at radius 2 is 1.75 bits per heavy atom. The minimum Gasteiger partial charge on any atom is -0.548 e. The monoisotopic (exact) mass is 420 g/mol. The number of carboxylic acid groups (broad SMARTS) is 1. The molecule has 1 aromatic carbocycles. The Morgan fingerprint density at radius 3 is 2.21 bits per heavy atom. The van der Waals surface area contributed by atoms with E-state index in [1.165, 1.54) is 30.9 Å². The third-order valence-corrected chi connectivity index (χ3v) is 6.18. The molecule has 3 N–H and O–H groups in total. The molecule has 0 spiro atoms. The van der Waals surface area contributed by atoms with Crippen LogP contribution in [0.2, 0.25) is 0 Å². The molecule has 2 aliphatic rings. The fourth-order valence-corrected chi connectivity index (χ4v) is 5.04. The number of rotatable bonds is 5. The topological polar surface area (TPSA) is 140 Å². The number of carboxylic acids is 1. The van der Waals surface area contributed by atoms with E-state index in [9.17, 15) is 19.5 Å². The number of carbonyl (C=O) groups excluding carboxylic acids is 3. The summed E-state index contributed by atoms with van der Waals surface area (Å²) < 4.78 is 9.71. The number of hydrogen-bond donors (Lipinski definition) is 1. The first-order valence-electron chi connectivity index (χ1n) is 7.95. The van der Waals surface area contributed by atoms with E-state index in [0.29, 0.717) is 11.5 Å². The summed E-state index contributed by atoms with van der Waals surface area (Å²) in [5.41, 5.74) is 0.183. The van der Waals surface area contributed by atoms with E-state index < -0.39 is 40.0 Å². The Labute approximate surface area is 188 Å². The van der Waals surface area contributed by atoms with E-state index in [0.717, 1.165) is 0 Å².